The Kier molecular flexibility index (Phi) is 12.3. The summed E-state index contributed by atoms with van der Waals surface area (Å²) >= 11 is 8.90. The maximum Gasteiger partial charge on any atom is 0.322 e. The minimum Gasteiger partial charge on any atom is -0.382 e. The number of rotatable bonds is 6. The van der Waals surface area contributed by atoms with Crippen molar-refractivity contribution in [2.24, 2.45) is 0 Å². The van der Waals surface area contributed by atoms with Gasteiger partial charge in [0.15, 0.2) is 11.5 Å². The van der Waals surface area contributed by atoms with E-state index < -0.39 is 31.9 Å². The molecule has 16 nitrogen and oxygen atoms in total. The Balaban J connectivity index is 0. The molecule has 2 aromatic heterocycles. The van der Waals surface area contributed by atoms with Gasteiger partial charge in [-0.15, -0.1) is 0 Å². The van der Waals surface area contributed by atoms with Gasteiger partial charge in [0.1, 0.15) is 24.2 Å². The average molecular weight is 511 g/mol. The SMILES string of the molecule is N.N.N.N.Nc1ncnc2c1ncn2[C@H]1CC(OP(O)(O)=S)[C@@H](COP(O)(O)=S)O1. The van der Waals surface area contributed by atoms with E-state index in [2.05, 4.69) is 38.6 Å². The van der Waals surface area contributed by atoms with Crippen LogP contribution in [0.3, 0.4) is 0 Å². The van der Waals surface area contributed by atoms with Crippen molar-refractivity contribution < 1.29 is 33.4 Å². The van der Waals surface area contributed by atoms with E-state index in [1.807, 2.05) is 0 Å². The zero-order valence-corrected chi connectivity index (χ0v) is 19.1. The fourth-order valence-corrected chi connectivity index (χ4v) is 3.99. The first-order valence-corrected chi connectivity index (χ1v) is 12.3. The second kappa shape index (κ2) is 11.7. The quantitative estimate of drug-likeness (QED) is 0.233. The average Bonchev–Trinajstić information content (AvgIpc) is 3.07. The Morgan fingerprint density at radius 1 is 1.10 bits per heavy atom. The number of ether oxygens (including phenoxy) is 1. The Hall–Kier alpha value is -0.790. The minimum absolute atomic E-state index is 0. The molecule has 0 aromatic carbocycles. The van der Waals surface area contributed by atoms with E-state index in [9.17, 15) is 19.6 Å². The number of imidazole rings is 1. The third-order valence-corrected chi connectivity index (χ3v) is 5.16. The molecular formula is C10H27N9O7P2S2. The number of aromatic nitrogens is 4. The lowest BCUT2D eigenvalue weighted by Crippen LogP contribution is -2.28. The summed E-state index contributed by atoms with van der Waals surface area (Å²) < 4.78 is 17.2. The van der Waals surface area contributed by atoms with Gasteiger partial charge in [0, 0.05) is 6.42 Å². The first-order valence-electron chi connectivity index (χ1n) is 7.06. The van der Waals surface area contributed by atoms with E-state index in [1.165, 1.54) is 12.7 Å². The Labute approximate surface area is 181 Å². The molecule has 1 fully saturated rings. The van der Waals surface area contributed by atoms with E-state index in [0.717, 1.165) is 0 Å². The predicted molar refractivity (Wildman–Crippen MR) is 117 cm³/mol. The van der Waals surface area contributed by atoms with Crippen LogP contribution in [-0.2, 0) is 37.4 Å². The highest BCUT2D eigenvalue weighted by Crippen LogP contribution is 2.45. The number of fused-ring (bicyclic) bond motifs is 1. The predicted octanol–water partition coefficient (Wildman–Crippen LogP) is 0.164. The van der Waals surface area contributed by atoms with E-state index >= 15 is 0 Å². The second-order valence-corrected chi connectivity index (χ2v) is 10.7. The van der Waals surface area contributed by atoms with Crippen LogP contribution in [0.25, 0.3) is 11.2 Å². The Morgan fingerprint density at radius 3 is 2.30 bits per heavy atom. The van der Waals surface area contributed by atoms with E-state index in [4.69, 9.17) is 19.5 Å². The molecule has 1 aliphatic rings. The van der Waals surface area contributed by atoms with Crippen LogP contribution in [0.15, 0.2) is 12.7 Å². The molecule has 0 amide bonds. The van der Waals surface area contributed by atoms with Crippen LogP contribution in [0.1, 0.15) is 12.6 Å². The fraction of sp³-hybridized carbons (Fsp3) is 0.500. The van der Waals surface area contributed by atoms with Crippen LogP contribution in [0.2, 0.25) is 0 Å². The highest BCUT2D eigenvalue weighted by atomic mass is 32.5. The van der Waals surface area contributed by atoms with Crippen LogP contribution < -0.4 is 30.3 Å². The summed E-state index contributed by atoms with van der Waals surface area (Å²) in [6.45, 7) is -8.26. The molecule has 1 aliphatic heterocycles. The van der Waals surface area contributed by atoms with E-state index in [1.54, 1.807) is 4.57 Å². The topological polar surface area (TPSA) is 318 Å². The van der Waals surface area contributed by atoms with Gasteiger partial charge in [-0.25, -0.2) is 15.0 Å². The summed E-state index contributed by atoms with van der Waals surface area (Å²) in [4.78, 5) is 49.4. The number of nitrogen functional groups attached to an aromatic ring is 1. The molecule has 30 heavy (non-hydrogen) atoms. The maximum atomic E-state index is 9.44. The third-order valence-electron chi connectivity index (χ3n) is 3.56. The minimum atomic E-state index is -3.99. The third kappa shape index (κ3) is 7.72. The molecule has 3 heterocycles. The first-order chi connectivity index (χ1) is 12.0. The standard InChI is InChI=1S/C10H15N5O7P2S2.4H3N/c11-9-8-10(13-3-12-9)15(4-14-8)7-1-5(22-24(18,19)26)6(21-7)2-20-23(16,17)25;;;;/h3-7H,1-2H2,(H2,11,12,13)(H2,16,17,25)(H2,18,19,26);4*1H3/t5?,6-,7-;;;;/m1..../s1. The van der Waals surface area contributed by atoms with Crippen molar-refractivity contribution in [3.8, 4) is 0 Å². The van der Waals surface area contributed by atoms with Gasteiger partial charge in [-0.05, 0) is 23.6 Å². The molecular weight excluding hydrogens is 484 g/mol. The number of nitrogens with zero attached hydrogens (tertiary/aromatic N) is 4. The second-order valence-electron chi connectivity index (χ2n) is 5.37. The molecule has 1 saturated heterocycles. The van der Waals surface area contributed by atoms with Gasteiger partial charge in [0.2, 0.25) is 0 Å². The molecule has 3 rings (SSSR count). The largest absolute Gasteiger partial charge is 0.382 e. The molecule has 0 saturated carbocycles. The summed E-state index contributed by atoms with van der Waals surface area (Å²) in [5.74, 6) is 0.196. The summed E-state index contributed by atoms with van der Waals surface area (Å²) in [6, 6.07) is 0. The van der Waals surface area contributed by atoms with Crippen molar-refractivity contribution in [2.45, 2.75) is 24.9 Å². The zero-order chi connectivity index (χ0) is 19.1. The Morgan fingerprint density at radius 2 is 1.73 bits per heavy atom. The lowest BCUT2D eigenvalue weighted by atomic mass is 10.2. The van der Waals surface area contributed by atoms with Gasteiger partial charge in [-0.1, -0.05) is 0 Å². The van der Waals surface area contributed by atoms with Crippen molar-refractivity contribution >= 4 is 54.0 Å². The molecule has 18 N–H and O–H groups in total. The molecule has 0 bridgehead atoms. The molecule has 3 atom stereocenters. The smallest absolute Gasteiger partial charge is 0.322 e. The van der Waals surface area contributed by atoms with Gasteiger partial charge < -0.3 is 63.7 Å². The van der Waals surface area contributed by atoms with Crippen LogP contribution in [0.5, 0.6) is 0 Å². The van der Waals surface area contributed by atoms with Crippen LogP contribution in [0.4, 0.5) is 5.82 Å². The maximum absolute atomic E-state index is 9.44. The zero-order valence-electron chi connectivity index (χ0n) is 15.7. The van der Waals surface area contributed by atoms with Crippen molar-refractivity contribution in [1.82, 2.24) is 44.1 Å². The lowest BCUT2D eigenvalue weighted by Gasteiger charge is -2.21. The highest BCUT2D eigenvalue weighted by molar-refractivity contribution is 8.07. The van der Waals surface area contributed by atoms with Crippen LogP contribution in [0, 0.1) is 0 Å². The first kappa shape index (κ1) is 31.4. The van der Waals surface area contributed by atoms with Gasteiger partial charge in [0.25, 0.3) is 0 Å². The number of nitrogens with two attached hydrogens (primary N) is 1. The molecule has 1 unspecified atom stereocenters. The molecule has 0 radical (unpaired) electrons. The van der Waals surface area contributed by atoms with Crippen molar-refractivity contribution in [3.05, 3.63) is 12.7 Å². The van der Waals surface area contributed by atoms with Crippen molar-refractivity contribution in [1.29, 1.82) is 0 Å². The summed E-state index contributed by atoms with van der Waals surface area (Å²) in [6.07, 6.45) is 0.400. The van der Waals surface area contributed by atoms with Crippen LogP contribution in [-0.4, -0.2) is 57.9 Å². The molecule has 2 aromatic rings. The van der Waals surface area contributed by atoms with Gasteiger partial charge in [-0.2, -0.15) is 0 Å². The summed E-state index contributed by atoms with van der Waals surface area (Å²) in [5.41, 5.74) is 6.54. The fourth-order valence-electron chi connectivity index (χ4n) is 2.56. The Bertz CT molecular complexity index is 909. The molecule has 0 spiro atoms. The van der Waals surface area contributed by atoms with Gasteiger partial charge in [-0.3, -0.25) is 4.57 Å². The monoisotopic (exact) mass is 511 g/mol. The van der Waals surface area contributed by atoms with Crippen molar-refractivity contribution in [3.63, 3.8) is 0 Å². The van der Waals surface area contributed by atoms with E-state index in [-0.39, 0.29) is 43.4 Å². The molecule has 0 aliphatic carbocycles. The summed E-state index contributed by atoms with van der Waals surface area (Å²) in [5, 5.41) is 0. The molecule has 176 valence electrons. The molecule has 20 heteroatoms. The van der Waals surface area contributed by atoms with E-state index in [0.29, 0.717) is 11.2 Å². The highest BCUT2D eigenvalue weighted by Gasteiger charge is 2.41. The van der Waals surface area contributed by atoms with Crippen molar-refractivity contribution in [2.75, 3.05) is 12.3 Å². The van der Waals surface area contributed by atoms with Gasteiger partial charge in [0.05, 0.1) is 19.0 Å². The lowest BCUT2D eigenvalue weighted by molar-refractivity contribution is -0.0374. The van der Waals surface area contributed by atoms with Gasteiger partial charge >= 0.3 is 13.4 Å². The van der Waals surface area contributed by atoms with Crippen LogP contribution >= 0.6 is 13.4 Å². The number of hydrogen-bond donors (Lipinski definition) is 9. The number of anilines is 1. The summed E-state index contributed by atoms with van der Waals surface area (Å²) in [7, 11) is 0. The normalized spacial score (nSPS) is 21.1. The number of hydrogen-bond acceptors (Lipinski definition) is 13.